The Morgan fingerprint density at radius 3 is 2.18 bits per heavy atom. The van der Waals surface area contributed by atoms with Gasteiger partial charge in [-0.1, -0.05) is 54.1 Å². The van der Waals surface area contributed by atoms with Crippen molar-refractivity contribution in [3.05, 3.63) is 154 Å². The molecule has 5 aromatic rings. The number of nitrogens with zero attached hydrogens (tertiary/aromatic N) is 4. The van der Waals surface area contributed by atoms with Gasteiger partial charge >= 0.3 is 0 Å². The molecule has 282 valence electrons. The van der Waals surface area contributed by atoms with Crippen LogP contribution >= 0.6 is 24.0 Å². The molecule has 0 N–H and O–H groups in total. The van der Waals surface area contributed by atoms with Gasteiger partial charge in [-0.05, 0) is 101 Å². The first-order chi connectivity index (χ1) is 26.3. The first-order valence-corrected chi connectivity index (χ1v) is 18.0. The lowest BCUT2D eigenvalue weighted by Gasteiger charge is -2.34. The zero-order valence-electron chi connectivity index (χ0n) is 30.7. The van der Waals surface area contributed by atoms with Gasteiger partial charge in [0.1, 0.15) is 30.5 Å². The predicted octanol–water partition coefficient (Wildman–Crippen LogP) is 9.17. The second-order valence-electron chi connectivity index (χ2n) is 12.7. The molecule has 0 aliphatic carbocycles. The summed E-state index contributed by atoms with van der Waals surface area (Å²) in [6.07, 6.45) is 9.04. The summed E-state index contributed by atoms with van der Waals surface area (Å²) >= 11 is 6.62. The molecule has 0 atom stereocenters. The zero-order valence-corrected chi connectivity index (χ0v) is 32.3. The van der Waals surface area contributed by atoms with E-state index in [1.165, 1.54) is 5.56 Å². The van der Waals surface area contributed by atoms with Crippen molar-refractivity contribution in [1.29, 1.82) is 5.26 Å². The summed E-state index contributed by atoms with van der Waals surface area (Å²) in [7, 11) is 1.64. The van der Waals surface area contributed by atoms with Crippen LogP contribution in [0.2, 0.25) is 5.02 Å². The third-order valence-electron chi connectivity index (χ3n) is 8.86. The molecule has 0 bridgehead atoms. The van der Waals surface area contributed by atoms with E-state index >= 15 is 0 Å². The third-order valence-corrected chi connectivity index (χ3v) is 9.14. The van der Waals surface area contributed by atoms with Crippen LogP contribution in [0.25, 0.3) is 12.2 Å². The molecule has 1 amide bonds. The number of piperazine rings is 1. The maximum Gasteiger partial charge on any atom is 0.246 e. The zero-order chi connectivity index (χ0) is 37.7. The molecule has 1 aromatic heterocycles. The molecule has 0 spiro atoms. The number of halogens is 2. The highest BCUT2D eigenvalue weighted by Gasteiger charge is 2.20. The fourth-order valence-electron chi connectivity index (χ4n) is 5.83. The lowest BCUT2D eigenvalue weighted by atomic mass is 10.1. The normalized spacial score (nSPS) is 12.9. The van der Waals surface area contributed by atoms with E-state index in [-0.39, 0.29) is 18.3 Å². The van der Waals surface area contributed by atoms with E-state index in [2.05, 4.69) is 46.3 Å². The largest absolute Gasteiger partial charge is 0.497 e. The van der Waals surface area contributed by atoms with E-state index < -0.39 is 0 Å². The van der Waals surface area contributed by atoms with Crippen LogP contribution in [0, 0.1) is 18.3 Å². The van der Waals surface area contributed by atoms with Crippen LogP contribution in [-0.4, -0.2) is 60.6 Å². The van der Waals surface area contributed by atoms with Gasteiger partial charge in [-0.25, -0.2) is 4.98 Å². The quantitative estimate of drug-likeness (QED) is 0.103. The monoisotopic (exact) mass is 776 g/mol. The summed E-state index contributed by atoms with van der Waals surface area (Å²) in [6.45, 7) is 6.51. The SMILES string of the molecule is COc1ccc(OCC=Cc2ccc(CN3CCN(C(=O)C=Cc4cc(C)c(Oc5ccc(OCc6ccc(C#N)cc6)cn5)c(Cl)c4)CC3)cc2)cc1.Cl. The average Bonchev–Trinajstić information content (AvgIpc) is 3.21. The Hall–Kier alpha value is -5.79. The second-order valence-corrected chi connectivity index (χ2v) is 13.2. The molecule has 55 heavy (non-hydrogen) atoms. The molecule has 0 radical (unpaired) electrons. The number of pyridine rings is 1. The molecule has 4 aromatic carbocycles. The maximum atomic E-state index is 13.1. The first kappa shape index (κ1) is 40.4. The molecule has 1 aliphatic rings. The van der Waals surface area contributed by atoms with Crippen molar-refractivity contribution in [2.45, 2.75) is 20.1 Å². The Kier molecular flexibility index (Phi) is 14.7. The smallest absolute Gasteiger partial charge is 0.246 e. The van der Waals surface area contributed by atoms with Crippen molar-refractivity contribution in [3.63, 3.8) is 0 Å². The Bertz CT molecular complexity index is 2080. The van der Waals surface area contributed by atoms with Crippen LogP contribution in [0.5, 0.6) is 28.9 Å². The summed E-state index contributed by atoms with van der Waals surface area (Å²) in [5, 5.41) is 9.37. The molecule has 9 nitrogen and oxygen atoms in total. The molecular formula is C44H42Cl2N4O5. The van der Waals surface area contributed by atoms with Crippen molar-refractivity contribution in [2.75, 3.05) is 39.9 Å². The van der Waals surface area contributed by atoms with Crippen molar-refractivity contribution in [2.24, 2.45) is 0 Å². The average molecular weight is 778 g/mol. The summed E-state index contributed by atoms with van der Waals surface area (Å²) in [6, 6.07) is 32.6. The van der Waals surface area contributed by atoms with Gasteiger partial charge in [-0.2, -0.15) is 5.26 Å². The second kappa shape index (κ2) is 20.0. The molecule has 1 saturated heterocycles. The highest BCUT2D eigenvalue weighted by Crippen LogP contribution is 2.34. The minimum atomic E-state index is -0.0263. The number of aryl methyl sites for hydroxylation is 1. The summed E-state index contributed by atoms with van der Waals surface area (Å²) < 4.78 is 22.8. The minimum absolute atomic E-state index is 0. The van der Waals surface area contributed by atoms with Gasteiger partial charge in [0.05, 0.1) is 30.0 Å². The number of carbonyl (C=O) groups is 1. The van der Waals surface area contributed by atoms with Crippen molar-refractivity contribution >= 4 is 42.1 Å². The number of hydrogen-bond donors (Lipinski definition) is 0. The highest BCUT2D eigenvalue weighted by molar-refractivity contribution is 6.32. The molecule has 0 unspecified atom stereocenters. The summed E-state index contributed by atoms with van der Waals surface area (Å²) in [4.78, 5) is 21.7. The fourth-order valence-corrected chi connectivity index (χ4v) is 6.15. The topological polar surface area (TPSA) is 97.2 Å². The Morgan fingerprint density at radius 2 is 1.53 bits per heavy atom. The van der Waals surface area contributed by atoms with Gasteiger partial charge in [0.15, 0.2) is 5.75 Å². The Balaban J connectivity index is 0.00000580. The summed E-state index contributed by atoms with van der Waals surface area (Å²) in [5.74, 6) is 3.04. The van der Waals surface area contributed by atoms with Gasteiger partial charge in [0.25, 0.3) is 0 Å². The van der Waals surface area contributed by atoms with Crippen molar-refractivity contribution < 1.29 is 23.7 Å². The summed E-state index contributed by atoms with van der Waals surface area (Å²) in [5.41, 5.74) is 5.52. The van der Waals surface area contributed by atoms with Gasteiger partial charge in [0, 0.05) is 44.9 Å². The van der Waals surface area contributed by atoms with Crippen LogP contribution in [0.3, 0.4) is 0 Å². The number of hydrogen-bond acceptors (Lipinski definition) is 8. The fraction of sp³-hybridized carbons (Fsp3) is 0.205. The Morgan fingerprint density at radius 1 is 0.836 bits per heavy atom. The lowest BCUT2D eigenvalue weighted by molar-refractivity contribution is -0.127. The van der Waals surface area contributed by atoms with Gasteiger partial charge < -0.3 is 23.8 Å². The van der Waals surface area contributed by atoms with E-state index in [4.69, 9.17) is 35.8 Å². The van der Waals surface area contributed by atoms with E-state index in [1.807, 2.05) is 60.4 Å². The number of aromatic nitrogens is 1. The first-order valence-electron chi connectivity index (χ1n) is 17.6. The Labute approximate surface area is 333 Å². The van der Waals surface area contributed by atoms with E-state index in [9.17, 15) is 4.79 Å². The molecule has 2 heterocycles. The standard InChI is InChI=1S/C44H41ClN4O5.ClH/c1-32-26-37(27-41(45)44(32)54-42-19-18-40(29-47-42)53-31-36-11-7-34(28-46)8-12-36)13-20-43(50)49-23-21-48(22-24-49)30-35-9-5-33(6-10-35)4-3-25-52-39-16-14-38(51-2)15-17-39;/h3-20,26-27,29H,21-25,30-31H2,1-2H3;1H. The van der Waals surface area contributed by atoms with Crippen LogP contribution in [0.4, 0.5) is 0 Å². The molecule has 6 rings (SSSR count). The molecular weight excluding hydrogens is 735 g/mol. The van der Waals surface area contributed by atoms with Crippen molar-refractivity contribution in [1.82, 2.24) is 14.8 Å². The highest BCUT2D eigenvalue weighted by atomic mass is 35.5. The molecule has 0 saturated carbocycles. The lowest BCUT2D eigenvalue weighted by Crippen LogP contribution is -2.47. The molecule has 11 heteroatoms. The van der Waals surface area contributed by atoms with Crippen LogP contribution in [0.15, 0.2) is 115 Å². The predicted molar refractivity (Wildman–Crippen MR) is 218 cm³/mol. The van der Waals surface area contributed by atoms with Gasteiger partial charge in [-0.15, -0.1) is 12.4 Å². The van der Waals surface area contributed by atoms with E-state index in [0.29, 0.717) is 54.3 Å². The molecule has 1 aliphatic heterocycles. The molecule has 1 fully saturated rings. The number of carbonyl (C=O) groups excluding carboxylic acids is 1. The minimum Gasteiger partial charge on any atom is -0.497 e. The number of benzene rings is 4. The van der Waals surface area contributed by atoms with Crippen LogP contribution in [-0.2, 0) is 17.9 Å². The van der Waals surface area contributed by atoms with Crippen LogP contribution in [0.1, 0.15) is 33.4 Å². The number of methoxy groups -OCH3 is 1. The number of nitriles is 1. The van der Waals surface area contributed by atoms with Gasteiger partial charge in [-0.3, -0.25) is 9.69 Å². The maximum absolute atomic E-state index is 13.1. The number of ether oxygens (including phenoxy) is 4. The van der Waals surface area contributed by atoms with E-state index in [0.717, 1.165) is 53.4 Å². The van der Waals surface area contributed by atoms with Crippen molar-refractivity contribution in [3.8, 4) is 34.9 Å². The number of rotatable bonds is 14. The van der Waals surface area contributed by atoms with Crippen LogP contribution < -0.4 is 18.9 Å². The third kappa shape index (κ3) is 11.8. The number of amides is 1. The van der Waals surface area contributed by atoms with Gasteiger partial charge in [0.2, 0.25) is 11.8 Å². The van der Waals surface area contributed by atoms with E-state index in [1.54, 1.807) is 55.8 Å².